The molecule has 2 amide bonds. The summed E-state index contributed by atoms with van der Waals surface area (Å²) in [5.74, 6) is -1.07. The maximum atomic E-state index is 13.1. The molecule has 0 bridgehead atoms. The molecule has 0 fully saturated rings. The van der Waals surface area contributed by atoms with Gasteiger partial charge in [-0.2, -0.15) is 0 Å². The Balaban J connectivity index is 2.05. The number of carbonyl (C=O) groups excluding carboxylic acids is 2. The number of fused-ring (bicyclic) bond motifs is 1. The molecule has 0 aliphatic rings. The van der Waals surface area contributed by atoms with Gasteiger partial charge in [-0.25, -0.2) is 0 Å². The zero-order valence-electron chi connectivity index (χ0n) is 21.7. The number of aromatic hydroxyl groups is 1. The summed E-state index contributed by atoms with van der Waals surface area (Å²) in [7, 11) is 2.88. The molecule has 0 saturated heterocycles. The van der Waals surface area contributed by atoms with Crippen LogP contribution >= 0.6 is 0 Å². The van der Waals surface area contributed by atoms with Crippen molar-refractivity contribution in [2.45, 2.75) is 84.3 Å². The third-order valence-electron chi connectivity index (χ3n) is 6.30. The fourth-order valence-corrected chi connectivity index (χ4v) is 4.26. The molecule has 0 aromatic heterocycles. The average Bonchev–Trinajstić information content (AvgIpc) is 2.86. The number of amides is 2. The van der Waals surface area contributed by atoms with Crippen molar-refractivity contribution in [3.8, 4) is 11.5 Å². The Kier molecular flexibility index (Phi) is 12.4. The Morgan fingerprint density at radius 1 is 0.857 bits per heavy atom. The smallest absolute Gasteiger partial charge is 0.258 e. The van der Waals surface area contributed by atoms with Crippen LogP contribution in [-0.2, 0) is 4.74 Å². The van der Waals surface area contributed by atoms with Gasteiger partial charge >= 0.3 is 0 Å². The van der Waals surface area contributed by atoms with E-state index in [9.17, 15) is 14.7 Å². The zero-order chi connectivity index (χ0) is 25.6. The summed E-state index contributed by atoms with van der Waals surface area (Å²) < 4.78 is 10.7. The van der Waals surface area contributed by atoms with Gasteiger partial charge in [0.1, 0.15) is 23.3 Å². The minimum Gasteiger partial charge on any atom is -0.506 e. The Hall–Kier alpha value is -2.80. The molecule has 0 aliphatic carbocycles. The van der Waals surface area contributed by atoms with Crippen LogP contribution in [0.3, 0.4) is 0 Å². The number of phenolic OH excluding ortho intramolecular Hbond substituents is 1. The van der Waals surface area contributed by atoms with Gasteiger partial charge in [0.2, 0.25) is 0 Å². The van der Waals surface area contributed by atoms with Crippen LogP contribution in [0.2, 0.25) is 0 Å². The third kappa shape index (κ3) is 8.13. The molecular formula is C28H42N2O5. The molecule has 7 nitrogen and oxygen atoms in total. The van der Waals surface area contributed by atoms with E-state index in [1.54, 1.807) is 31.2 Å². The summed E-state index contributed by atoms with van der Waals surface area (Å²) >= 11 is 0. The summed E-state index contributed by atoms with van der Waals surface area (Å²) in [5.41, 5.74) is 0.155. The number of ether oxygens (including phenoxy) is 2. The van der Waals surface area contributed by atoms with E-state index in [1.807, 2.05) is 0 Å². The van der Waals surface area contributed by atoms with Crippen molar-refractivity contribution in [1.82, 2.24) is 10.6 Å². The topological polar surface area (TPSA) is 96.9 Å². The van der Waals surface area contributed by atoms with Crippen molar-refractivity contribution in [3.63, 3.8) is 0 Å². The standard InChI is InChI=1S/C28H42N2O5/c1-5-6-7-8-9-10-11-12-13-16-19-29-27(32)24-25(31)22-18-15-14-17-21(22)23(26(24)35-4)28(33)30-20(2)34-3/h14-15,17-18,20,31H,5-13,16,19H2,1-4H3,(H,29,32)(H,30,33). The van der Waals surface area contributed by atoms with E-state index in [-0.39, 0.29) is 22.6 Å². The van der Waals surface area contributed by atoms with Crippen LogP contribution < -0.4 is 15.4 Å². The van der Waals surface area contributed by atoms with Crippen molar-refractivity contribution < 1.29 is 24.2 Å². The van der Waals surface area contributed by atoms with Gasteiger partial charge in [-0.1, -0.05) is 89.0 Å². The number of hydrogen-bond donors (Lipinski definition) is 3. The minimum atomic E-state index is -0.534. The first kappa shape index (κ1) is 28.4. The highest BCUT2D eigenvalue weighted by Crippen LogP contribution is 2.40. The molecule has 2 rings (SSSR count). The van der Waals surface area contributed by atoms with Crippen LogP contribution in [0.25, 0.3) is 10.8 Å². The molecular weight excluding hydrogens is 444 g/mol. The lowest BCUT2D eigenvalue weighted by Crippen LogP contribution is -2.34. The van der Waals surface area contributed by atoms with E-state index in [4.69, 9.17) is 9.47 Å². The van der Waals surface area contributed by atoms with Crippen LogP contribution in [0.15, 0.2) is 24.3 Å². The van der Waals surface area contributed by atoms with Crippen LogP contribution in [0, 0.1) is 0 Å². The van der Waals surface area contributed by atoms with Crippen molar-refractivity contribution in [2.75, 3.05) is 20.8 Å². The normalized spacial score (nSPS) is 11.9. The van der Waals surface area contributed by atoms with Crippen molar-refractivity contribution in [1.29, 1.82) is 0 Å². The fraction of sp³-hybridized carbons (Fsp3) is 0.571. The van der Waals surface area contributed by atoms with Gasteiger partial charge in [-0.3, -0.25) is 9.59 Å². The van der Waals surface area contributed by atoms with Crippen LogP contribution in [0.5, 0.6) is 11.5 Å². The van der Waals surface area contributed by atoms with Crippen molar-refractivity contribution in [3.05, 3.63) is 35.4 Å². The van der Waals surface area contributed by atoms with E-state index in [0.717, 1.165) is 19.3 Å². The van der Waals surface area contributed by atoms with Gasteiger partial charge in [0.05, 0.1) is 12.7 Å². The molecule has 0 spiro atoms. The molecule has 35 heavy (non-hydrogen) atoms. The maximum absolute atomic E-state index is 13.1. The van der Waals surface area contributed by atoms with E-state index in [2.05, 4.69) is 17.6 Å². The molecule has 0 saturated carbocycles. The number of phenols is 1. The lowest BCUT2D eigenvalue weighted by molar-refractivity contribution is 0.0657. The molecule has 2 aromatic carbocycles. The Morgan fingerprint density at radius 2 is 1.43 bits per heavy atom. The Labute approximate surface area is 209 Å². The molecule has 2 aromatic rings. The van der Waals surface area contributed by atoms with E-state index >= 15 is 0 Å². The van der Waals surface area contributed by atoms with Gasteiger partial charge in [0, 0.05) is 24.4 Å². The molecule has 7 heteroatoms. The first-order valence-electron chi connectivity index (χ1n) is 12.9. The number of methoxy groups -OCH3 is 2. The summed E-state index contributed by atoms with van der Waals surface area (Å²) in [6.45, 7) is 4.43. The summed E-state index contributed by atoms with van der Waals surface area (Å²) in [5, 5.41) is 17.5. The molecule has 1 unspecified atom stereocenters. The summed E-state index contributed by atoms with van der Waals surface area (Å²) in [6.07, 6.45) is 11.6. The second kappa shape index (κ2) is 15.2. The van der Waals surface area contributed by atoms with Crippen LogP contribution in [-0.4, -0.2) is 43.9 Å². The largest absolute Gasteiger partial charge is 0.506 e. The average molecular weight is 487 g/mol. The number of benzene rings is 2. The third-order valence-corrected chi connectivity index (χ3v) is 6.30. The summed E-state index contributed by atoms with van der Waals surface area (Å²) in [4.78, 5) is 26.2. The van der Waals surface area contributed by atoms with Crippen molar-refractivity contribution >= 4 is 22.6 Å². The van der Waals surface area contributed by atoms with Crippen LogP contribution in [0.4, 0.5) is 0 Å². The van der Waals surface area contributed by atoms with Gasteiger partial charge in [-0.05, 0) is 13.3 Å². The van der Waals surface area contributed by atoms with Gasteiger partial charge in [0.15, 0.2) is 0 Å². The number of rotatable bonds is 16. The molecule has 0 radical (unpaired) electrons. The van der Waals surface area contributed by atoms with E-state index in [1.165, 1.54) is 59.2 Å². The molecule has 1 atom stereocenters. The van der Waals surface area contributed by atoms with E-state index < -0.39 is 18.0 Å². The molecule has 0 aliphatic heterocycles. The van der Waals surface area contributed by atoms with E-state index in [0.29, 0.717) is 17.3 Å². The molecule has 0 heterocycles. The second-order valence-corrected chi connectivity index (χ2v) is 8.97. The Morgan fingerprint density at radius 3 is 2.00 bits per heavy atom. The molecule has 194 valence electrons. The maximum Gasteiger partial charge on any atom is 0.258 e. The first-order valence-corrected chi connectivity index (χ1v) is 12.9. The monoisotopic (exact) mass is 486 g/mol. The lowest BCUT2D eigenvalue weighted by atomic mass is 9.96. The number of carbonyl (C=O) groups is 2. The van der Waals surface area contributed by atoms with Gasteiger partial charge in [-0.15, -0.1) is 0 Å². The van der Waals surface area contributed by atoms with Crippen molar-refractivity contribution in [2.24, 2.45) is 0 Å². The number of hydrogen-bond acceptors (Lipinski definition) is 5. The lowest BCUT2D eigenvalue weighted by Gasteiger charge is -2.19. The highest BCUT2D eigenvalue weighted by atomic mass is 16.5. The quantitative estimate of drug-likeness (QED) is 0.202. The zero-order valence-corrected chi connectivity index (χ0v) is 21.7. The van der Waals surface area contributed by atoms with Gasteiger partial charge in [0.25, 0.3) is 11.8 Å². The predicted octanol–water partition coefficient (Wildman–Crippen LogP) is 5.93. The summed E-state index contributed by atoms with van der Waals surface area (Å²) in [6, 6.07) is 6.91. The second-order valence-electron chi connectivity index (χ2n) is 8.97. The van der Waals surface area contributed by atoms with Crippen LogP contribution in [0.1, 0.15) is 98.8 Å². The highest BCUT2D eigenvalue weighted by Gasteiger charge is 2.28. The predicted molar refractivity (Wildman–Crippen MR) is 140 cm³/mol. The number of nitrogens with one attached hydrogen (secondary N) is 2. The number of unbranched alkanes of at least 4 members (excludes halogenated alkanes) is 9. The first-order chi connectivity index (χ1) is 17.0. The molecule has 3 N–H and O–H groups in total. The Bertz CT molecular complexity index is 960. The highest BCUT2D eigenvalue weighted by molar-refractivity contribution is 6.16. The van der Waals surface area contributed by atoms with Gasteiger partial charge < -0.3 is 25.2 Å². The minimum absolute atomic E-state index is 0.0338. The fourth-order valence-electron chi connectivity index (χ4n) is 4.26. The SMILES string of the molecule is CCCCCCCCCCCCNC(=O)c1c(OC)c(C(=O)NC(C)OC)c2ccccc2c1O.